The van der Waals surface area contributed by atoms with Crippen LogP contribution in [0.1, 0.15) is 50.6 Å². The number of Topliss-reactive ketones (excluding diaryl/α,β-unsaturated/α-hetero) is 1. The maximum absolute atomic E-state index is 12.5. The lowest BCUT2D eigenvalue weighted by Crippen LogP contribution is -2.14. The molecule has 1 aromatic heterocycles. The number of halogens is 2. The maximum Gasteiger partial charge on any atom is 0.291 e. The fourth-order valence-corrected chi connectivity index (χ4v) is 3.47. The topological polar surface area (TPSA) is 85.3 Å². The van der Waals surface area contributed by atoms with Crippen molar-refractivity contribution in [3.63, 3.8) is 0 Å². The molecule has 0 aliphatic heterocycles. The van der Waals surface area contributed by atoms with E-state index in [1.54, 1.807) is 13.0 Å². The number of nitrogens with two attached hydrogens (primary N) is 1. The summed E-state index contributed by atoms with van der Waals surface area (Å²) < 4.78 is 6.48. The molecular weight excluding hydrogens is 396 g/mol. The van der Waals surface area contributed by atoms with Crippen molar-refractivity contribution in [2.75, 3.05) is 11.1 Å². The fraction of sp³-hybridized carbons (Fsp3) is 0.294. The molecule has 24 heavy (non-hydrogen) atoms. The molecule has 0 saturated heterocycles. The van der Waals surface area contributed by atoms with Gasteiger partial charge in [0.25, 0.3) is 5.91 Å². The molecule has 0 atom stereocenters. The van der Waals surface area contributed by atoms with E-state index in [2.05, 4.69) is 21.2 Å². The smallest absolute Gasteiger partial charge is 0.291 e. The minimum atomic E-state index is -0.395. The van der Waals surface area contributed by atoms with E-state index in [0.717, 1.165) is 16.5 Å². The van der Waals surface area contributed by atoms with Gasteiger partial charge in [-0.15, -0.1) is 12.4 Å². The maximum atomic E-state index is 12.5. The van der Waals surface area contributed by atoms with E-state index >= 15 is 0 Å². The number of nitrogen functional groups attached to an aromatic ring is 1. The second-order valence-corrected chi connectivity index (χ2v) is 6.68. The highest BCUT2D eigenvalue weighted by Gasteiger charge is 2.29. The summed E-state index contributed by atoms with van der Waals surface area (Å²) in [7, 11) is 0. The molecular formula is C17H18BrClN2O3. The monoisotopic (exact) mass is 412 g/mol. The van der Waals surface area contributed by atoms with Gasteiger partial charge in [-0.2, -0.15) is 0 Å². The summed E-state index contributed by atoms with van der Waals surface area (Å²) in [5, 5.41) is 2.77. The first kappa shape index (κ1) is 18.5. The van der Waals surface area contributed by atoms with Crippen LogP contribution in [0.2, 0.25) is 0 Å². The highest BCUT2D eigenvalue weighted by Crippen LogP contribution is 2.31. The van der Waals surface area contributed by atoms with Crippen LogP contribution >= 0.6 is 28.3 Å². The second-order valence-electron chi connectivity index (χ2n) is 5.77. The normalized spacial score (nSPS) is 13.2. The standard InChI is InChI=1S/C17H17BrN2O3.ClH/c1-8-6-10(18)7-11(15(8)19)20-17(22)16-9(2)14-12(21)4-3-5-13(14)23-16;/h6-7H,3-5,19H2,1-2H3,(H,20,22);1H. The summed E-state index contributed by atoms with van der Waals surface area (Å²) in [5.74, 6) is 0.447. The van der Waals surface area contributed by atoms with Crippen LogP contribution < -0.4 is 11.1 Å². The van der Waals surface area contributed by atoms with Gasteiger partial charge in [-0.25, -0.2) is 0 Å². The number of nitrogens with one attached hydrogen (secondary N) is 1. The van der Waals surface area contributed by atoms with Crippen LogP contribution in [0, 0.1) is 13.8 Å². The number of rotatable bonds is 2. The number of carbonyl (C=O) groups is 2. The molecule has 3 N–H and O–H groups in total. The van der Waals surface area contributed by atoms with Gasteiger partial charge in [0.1, 0.15) is 5.76 Å². The number of anilines is 2. The lowest BCUT2D eigenvalue weighted by Gasteiger charge is -2.10. The van der Waals surface area contributed by atoms with Crippen molar-refractivity contribution < 1.29 is 14.0 Å². The van der Waals surface area contributed by atoms with Gasteiger partial charge in [0, 0.05) is 22.9 Å². The van der Waals surface area contributed by atoms with Crippen LogP contribution in [-0.2, 0) is 6.42 Å². The molecule has 1 aromatic carbocycles. The molecule has 7 heteroatoms. The number of fused-ring (bicyclic) bond motifs is 1. The molecule has 0 fully saturated rings. The number of ketones is 1. The molecule has 1 aliphatic rings. The summed E-state index contributed by atoms with van der Waals surface area (Å²) in [6, 6.07) is 3.62. The van der Waals surface area contributed by atoms with Gasteiger partial charge in [-0.1, -0.05) is 15.9 Å². The minimum absolute atomic E-state index is 0. The molecule has 1 aliphatic carbocycles. The molecule has 0 saturated carbocycles. The van der Waals surface area contributed by atoms with Crippen LogP contribution in [0.25, 0.3) is 0 Å². The van der Waals surface area contributed by atoms with E-state index in [9.17, 15) is 9.59 Å². The Bertz CT molecular complexity index is 830. The molecule has 1 amide bonds. The van der Waals surface area contributed by atoms with Gasteiger partial charge in [-0.05, 0) is 38.0 Å². The molecule has 0 spiro atoms. The summed E-state index contributed by atoms with van der Waals surface area (Å²) in [6.45, 7) is 3.61. The zero-order chi connectivity index (χ0) is 16.7. The summed E-state index contributed by atoms with van der Waals surface area (Å²) in [6.07, 6.45) is 1.96. The highest BCUT2D eigenvalue weighted by molar-refractivity contribution is 9.10. The molecule has 0 radical (unpaired) electrons. The summed E-state index contributed by atoms with van der Waals surface area (Å²) >= 11 is 3.39. The van der Waals surface area contributed by atoms with Crippen molar-refractivity contribution in [1.82, 2.24) is 0 Å². The second kappa shape index (κ2) is 6.99. The van der Waals surface area contributed by atoms with Crippen LogP contribution in [0.15, 0.2) is 21.0 Å². The zero-order valence-electron chi connectivity index (χ0n) is 13.4. The minimum Gasteiger partial charge on any atom is -0.455 e. The first-order chi connectivity index (χ1) is 10.9. The number of aryl methyl sites for hydroxylation is 2. The molecule has 0 bridgehead atoms. The lowest BCUT2D eigenvalue weighted by atomic mass is 9.94. The first-order valence-electron chi connectivity index (χ1n) is 7.41. The average Bonchev–Trinajstić information content (AvgIpc) is 2.83. The molecule has 128 valence electrons. The molecule has 0 unspecified atom stereocenters. The van der Waals surface area contributed by atoms with Gasteiger partial charge in [0.15, 0.2) is 11.5 Å². The number of amides is 1. The highest BCUT2D eigenvalue weighted by atomic mass is 79.9. The number of carbonyl (C=O) groups excluding carboxylic acids is 2. The van der Waals surface area contributed by atoms with E-state index in [1.165, 1.54) is 0 Å². The Morgan fingerprint density at radius 1 is 1.29 bits per heavy atom. The Morgan fingerprint density at radius 3 is 2.67 bits per heavy atom. The quantitative estimate of drug-likeness (QED) is 0.713. The van der Waals surface area contributed by atoms with Gasteiger partial charge in [-0.3, -0.25) is 9.59 Å². The SMILES string of the molecule is Cc1cc(Br)cc(NC(=O)c2oc3c(c2C)C(=O)CCC3)c1N.Cl. The number of furan rings is 1. The number of hydrogen-bond donors (Lipinski definition) is 2. The Hall–Kier alpha value is -1.79. The van der Waals surface area contributed by atoms with Crippen molar-refractivity contribution in [2.24, 2.45) is 0 Å². The third kappa shape index (κ3) is 3.21. The number of hydrogen-bond acceptors (Lipinski definition) is 4. The van der Waals surface area contributed by atoms with Crippen LogP contribution in [-0.4, -0.2) is 11.7 Å². The molecule has 3 rings (SSSR count). The summed E-state index contributed by atoms with van der Waals surface area (Å²) in [4.78, 5) is 24.6. The van der Waals surface area contributed by atoms with Crippen molar-refractivity contribution >= 4 is 51.4 Å². The predicted molar refractivity (Wildman–Crippen MR) is 99.2 cm³/mol. The average molecular weight is 414 g/mol. The fourth-order valence-electron chi connectivity index (χ4n) is 2.90. The third-order valence-electron chi connectivity index (χ3n) is 4.11. The van der Waals surface area contributed by atoms with Crippen molar-refractivity contribution in [1.29, 1.82) is 0 Å². The Kier molecular flexibility index (Phi) is 5.40. The zero-order valence-corrected chi connectivity index (χ0v) is 15.8. The number of benzene rings is 1. The Balaban J connectivity index is 0.00000208. The third-order valence-corrected chi connectivity index (χ3v) is 4.57. The Labute approximate surface area is 154 Å². The van der Waals surface area contributed by atoms with E-state index in [4.69, 9.17) is 10.2 Å². The van der Waals surface area contributed by atoms with E-state index < -0.39 is 5.91 Å². The van der Waals surface area contributed by atoms with E-state index in [-0.39, 0.29) is 24.0 Å². The van der Waals surface area contributed by atoms with Gasteiger partial charge < -0.3 is 15.5 Å². The van der Waals surface area contributed by atoms with Crippen LogP contribution in [0.5, 0.6) is 0 Å². The molecule has 2 aromatic rings. The summed E-state index contributed by atoms with van der Waals surface area (Å²) in [5.41, 5.74) is 9.07. The lowest BCUT2D eigenvalue weighted by molar-refractivity contribution is 0.0963. The molecule has 1 heterocycles. The van der Waals surface area contributed by atoms with Crippen molar-refractivity contribution in [3.8, 4) is 0 Å². The van der Waals surface area contributed by atoms with E-state index in [1.807, 2.05) is 13.0 Å². The largest absolute Gasteiger partial charge is 0.455 e. The van der Waals surface area contributed by atoms with Crippen molar-refractivity contribution in [2.45, 2.75) is 33.1 Å². The van der Waals surface area contributed by atoms with Gasteiger partial charge >= 0.3 is 0 Å². The molecule has 5 nitrogen and oxygen atoms in total. The van der Waals surface area contributed by atoms with Crippen LogP contribution in [0.3, 0.4) is 0 Å². The van der Waals surface area contributed by atoms with Crippen LogP contribution in [0.4, 0.5) is 11.4 Å². The van der Waals surface area contributed by atoms with E-state index in [0.29, 0.717) is 41.1 Å². The predicted octanol–water partition coefficient (Wildman–Crippen LogP) is 4.43. The first-order valence-corrected chi connectivity index (χ1v) is 8.20. The Morgan fingerprint density at radius 2 is 2.00 bits per heavy atom. The van der Waals surface area contributed by atoms with Gasteiger partial charge in [0.2, 0.25) is 0 Å². The van der Waals surface area contributed by atoms with Gasteiger partial charge in [0.05, 0.1) is 16.9 Å². The van der Waals surface area contributed by atoms with Crippen molar-refractivity contribution in [3.05, 3.63) is 44.8 Å².